The Morgan fingerprint density at radius 1 is 1.10 bits per heavy atom. The van der Waals surface area contributed by atoms with E-state index in [9.17, 15) is 5.11 Å². The molecule has 0 aliphatic heterocycles. The minimum absolute atomic E-state index is 0.554. The minimum Gasteiger partial charge on any atom is -0.384 e. The van der Waals surface area contributed by atoms with Crippen molar-refractivity contribution < 1.29 is 5.11 Å². The lowest BCUT2D eigenvalue weighted by molar-refractivity contribution is 0.216. The van der Waals surface area contributed by atoms with Gasteiger partial charge in [0.25, 0.3) is 0 Å². The van der Waals surface area contributed by atoms with Crippen molar-refractivity contribution in [1.82, 2.24) is 0 Å². The van der Waals surface area contributed by atoms with E-state index < -0.39 is 6.10 Å². The van der Waals surface area contributed by atoms with Gasteiger partial charge in [-0.1, -0.05) is 58.7 Å². The second kappa shape index (κ2) is 5.71. The molecular weight excluding hydrogens is 312 g/mol. The molecule has 1 fully saturated rings. The maximum absolute atomic E-state index is 10.8. The zero-order valence-corrected chi connectivity index (χ0v) is 13.2. The van der Waals surface area contributed by atoms with Crippen molar-refractivity contribution in [3.8, 4) is 0 Å². The van der Waals surface area contributed by atoms with Crippen LogP contribution in [0.5, 0.6) is 0 Å². The number of hydrogen-bond donors (Lipinski definition) is 1. The topological polar surface area (TPSA) is 20.2 Å². The van der Waals surface area contributed by atoms with Crippen molar-refractivity contribution in [2.24, 2.45) is 0 Å². The summed E-state index contributed by atoms with van der Waals surface area (Å²) in [4.78, 5) is 0. The molecule has 3 rings (SSSR count). The van der Waals surface area contributed by atoms with E-state index in [4.69, 9.17) is 0 Å². The van der Waals surface area contributed by atoms with E-state index in [-0.39, 0.29) is 0 Å². The fourth-order valence-electron chi connectivity index (χ4n) is 2.87. The molecular formula is C18H19BrO. The fraction of sp³-hybridized carbons (Fsp3) is 0.333. The van der Waals surface area contributed by atoms with Gasteiger partial charge in [0, 0.05) is 4.47 Å². The third-order valence-corrected chi connectivity index (χ3v) is 4.97. The molecule has 2 heteroatoms. The highest BCUT2D eigenvalue weighted by Crippen LogP contribution is 2.41. The summed E-state index contributed by atoms with van der Waals surface area (Å²) < 4.78 is 0.980. The van der Waals surface area contributed by atoms with Crippen LogP contribution in [-0.4, -0.2) is 5.11 Å². The van der Waals surface area contributed by atoms with Gasteiger partial charge in [-0.05, 0) is 54.0 Å². The fourth-order valence-corrected chi connectivity index (χ4v) is 3.58. The molecule has 1 aliphatic carbocycles. The molecule has 0 amide bonds. The molecule has 1 unspecified atom stereocenters. The zero-order chi connectivity index (χ0) is 14.1. The van der Waals surface area contributed by atoms with Gasteiger partial charge in [0.15, 0.2) is 0 Å². The Balaban J connectivity index is 1.99. The Labute approximate surface area is 128 Å². The summed E-state index contributed by atoms with van der Waals surface area (Å²) in [5, 5.41) is 10.8. The zero-order valence-electron chi connectivity index (χ0n) is 11.6. The first-order chi connectivity index (χ1) is 9.66. The summed E-state index contributed by atoms with van der Waals surface area (Å²) in [6.45, 7) is 2.06. The van der Waals surface area contributed by atoms with E-state index >= 15 is 0 Å². The molecule has 0 aromatic heterocycles. The maximum atomic E-state index is 10.8. The molecule has 20 heavy (non-hydrogen) atoms. The van der Waals surface area contributed by atoms with Crippen LogP contribution in [0.3, 0.4) is 0 Å². The van der Waals surface area contributed by atoms with Gasteiger partial charge in [0.05, 0.1) is 0 Å². The van der Waals surface area contributed by atoms with Gasteiger partial charge in [-0.25, -0.2) is 0 Å². The first kappa shape index (κ1) is 13.8. The molecule has 2 aromatic rings. The van der Waals surface area contributed by atoms with Gasteiger partial charge in [0.2, 0.25) is 0 Å². The number of halogens is 1. The van der Waals surface area contributed by atoms with Gasteiger partial charge < -0.3 is 5.11 Å². The van der Waals surface area contributed by atoms with E-state index in [2.05, 4.69) is 53.2 Å². The van der Waals surface area contributed by atoms with E-state index in [0.29, 0.717) is 5.92 Å². The van der Waals surface area contributed by atoms with Crippen LogP contribution in [0.1, 0.15) is 53.5 Å². The monoisotopic (exact) mass is 330 g/mol. The Bertz CT molecular complexity index is 617. The summed E-state index contributed by atoms with van der Waals surface area (Å²) in [6, 6.07) is 14.5. The van der Waals surface area contributed by atoms with Crippen molar-refractivity contribution in [1.29, 1.82) is 0 Å². The second-order valence-electron chi connectivity index (χ2n) is 5.68. The third-order valence-electron chi connectivity index (χ3n) is 4.29. The van der Waals surface area contributed by atoms with Gasteiger partial charge in [0.1, 0.15) is 6.10 Å². The standard InChI is InChI=1S/C18H19BrO/c1-12-9-10-16(17(19)11-12)18(20)15-8-3-2-7-14(15)13-5-4-6-13/h2-3,7-11,13,18,20H,4-6H2,1H3. The second-order valence-corrected chi connectivity index (χ2v) is 6.54. The van der Waals surface area contributed by atoms with Crippen LogP contribution in [0, 0.1) is 6.92 Å². The van der Waals surface area contributed by atoms with Crippen molar-refractivity contribution in [2.75, 3.05) is 0 Å². The number of rotatable bonds is 3. The minimum atomic E-state index is -0.554. The SMILES string of the molecule is Cc1ccc(C(O)c2ccccc2C2CCC2)c(Br)c1. The quantitative estimate of drug-likeness (QED) is 0.829. The molecule has 0 bridgehead atoms. The molecule has 1 atom stereocenters. The van der Waals surface area contributed by atoms with Crippen LogP contribution in [0.15, 0.2) is 46.9 Å². The van der Waals surface area contributed by atoms with E-state index in [0.717, 1.165) is 15.6 Å². The van der Waals surface area contributed by atoms with Gasteiger partial charge in [-0.3, -0.25) is 0 Å². The van der Waals surface area contributed by atoms with Crippen molar-refractivity contribution >= 4 is 15.9 Å². The lowest BCUT2D eigenvalue weighted by atomic mass is 9.77. The molecule has 1 aliphatic rings. The lowest BCUT2D eigenvalue weighted by Gasteiger charge is -2.29. The molecule has 1 nitrogen and oxygen atoms in total. The number of hydrogen-bond acceptors (Lipinski definition) is 1. The molecule has 2 aromatic carbocycles. The summed E-state index contributed by atoms with van der Waals surface area (Å²) in [5.41, 5.74) is 4.52. The van der Waals surface area contributed by atoms with Crippen LogP contribution in [0.4, 0.5) is 0 Å². The van der Waals surface area contributed by atoms with Crippen LogP contribution in [-0.2, 0) is 0 Å². The molecule has 104 valence electrons. The van der Waals surface area contributed by atoms with Crippen molar-refractivity contribution in [3.05, 3.63) is 69.2 Å². The highest BCUT2D eigenvalue weighted by molar-refractivity contribution is 9.10. The summed E-state index contributed by atoms with van der Waals surface area (Å²) in [7, 11) is 0. The van der Waals surface area contributed by atoms with Gasteiger partial charge in [-0.15, -0.1) is 0 Å². The van der Waals surface area contributed by atoms with Crippen molar-refractivity contribution in [2.45, 2.75) is 38.2 Å². The number of benzene rings is 2. The average Bonchev–Trinajstić information content (AvgIpc) is 2.37. The van der Waals surface area contributed by atoms with Gasteiger partial charge in [-0.2, -0.15) is 0 Å². The first-order valence-electron chi connectivity index (χ1n) is 7.20. The highest BCUT2D eigenvalue weighted by atomic mass is 79.9. The van der Waals surface area contributed by atoms with Crippen LogP contribution in [0.25, 0.3) is 0 Å². The Hall–Kier alpha value is -1.12. The smallest absolute Gasteiger partial charge is 0.105 e. The Morgan fingerprint density at radius 2 is 1.85 bits per heavy atom. The Kier molecular flexibility index (Phi) is 3.95. The maximum Gasteiger partial charge on any atom is 0.105 e. The molecule has 0 heterocycles. The lowest BCUT2D eigenvalue weighted by Crippen LogP contribution is -2.13. The molecule has 1 saturated carbocycles. The van der Waals surface area contributed by atoms with Gasteiger partial charge >= 0.3 is 0 Å². The van der Waals surface area contributed by atoms with E-state index in [1.165, 1.54) is 30.4 Å². The molecule has 0 spiro atoms. The number of aryl methyl sites for hydroxylation is 1. The molecule has 0 saturated heterocycles. The highest BCUT2D eigenvalue weighted by Gasteiger charge is 2.25. The van der Waals surface area contributed by atoms with Crippen molar-refractivity contribution in [3.63, 3.8) is 0 Å². The predicted molar refractivity (Wildman–Crippen MR) is 86.0 cm³/mol. The number of aliphatic hydroxyl groups excluding tert-OH is 1. The van der Waals surface area contributed by atoms with E-state index in [1.54, 1.807) is 0 Å². The van der Waals surface area contributed by atoms with Crippen LogP contribution >= 0.6 is 15.9 Å². The average molecular weight is 331 g/mol. The molecule has 0 radical (unpaired) electrons. The number of aliphatic hydroxyl groups is 1. The third kappa shape index (κ3) is 2.55. The summed E-state index contributed by atoms with van der Waals surface area (Å²) in [6.07, 6.45) is 3.25. The van der Waals surface area contributed by atoms with E-state index in [1.807, 2.05) is 12.1 Å². The largest absolute Gasteiger partial charge is 0.384 e. The normalized spacial score (nSPS) is 16.8. The van der Waals surface area contributed by atoms with Crippen LogP contribution < -0.4 is 0 Å². The first-order valence-corrected chi connectivity index (χ1v) is 7.99. The Morgan fingerprint density at radius 3 is 2.50 bits per heavy atom. The summed E-state index contributed by atoms with van der Waals surface area (Å²) >= 11 is 3.58. The molecule has 1 N–H and O–H groups in total. The predicted octanol–water partition coefficient (Wildman–Crippen LogP) is 5.11. The summed E-state index contributed by atoms with van der Waals surface area (Å²) in [5.74, 6) is 0.630. The van der Waals surface area contributed by atoms with Crippen LogP contribution in [0.2, 0.25) is 0 Å².